The minimum Gasteiger partial charge on any atom is -0.481 e. The smallest absolute Gasteiger partial charge is 0.344 e. The number of carbonyl (C=O) groups excluding carboxylic acids is 2. The fourth-order valence-electron chi connectivity index (χ4n) is 2.44. The van der Waals surface area contributed by atoms with Crippen LogP contribution in [0.2, 0.25) is 5.02 Å². The monoisotopic (exact) mass is 500 g/mol. The first-order valence-corrected chi connectivity index (χ1v) is 10.4. The number of hydrogen-bond donors (Lipinski definition) is 1. The Kier molecular flexibility index (Phi) is 7.81. The van der Waals surface area contributed by atoms with Gasteiger partial charge in [-0.2, -0.15) is 5.10 Å². The number of nitrogens with one attached hydrogen (secondary N) is 1. The van der Waals surface area contributed by atoms with Crippen molar-refractivity contribution in [1.82, 2.24) is 5.43 Å². The molecule has 3 aromatic carbocycles. The highest BCUT2D eigenvalue weighted by atomic mass is 79.9. The summed E-state index contributed by atoms with van der Waals surface area (Å²) in [6.07, 6.45) is 0.740. The van der Waals surface area contributed by atoms with Crippen molar-refractivity contribution in [2.75, 3.05) is 0 Å². The molecule has 1 amide bonds. The number of hydrogen-bond acceptors (Lipinski definition) is 5. The largest absolute Gasteiger partial charge is 0.481 e. The molecule has 1 unspecified atom stereocenters. The highest BCUT2D eigenvalue weighted by molar-refractivity contribution is 9.10. The van der Waals surface area contributed by atoms with Gasteiger partial charge >= 0.3 is 5.97 Å². The molecular formula is C23H18BrClN2O4. The van der Waals surface area contributed by atoms with Gasteiger partial charge in [0.25, 0.3) is 5.91 Å². The van der Waals surface area contributed by atoms with Crippen LogP contribution >= 0.6 is 27.5 Å². The lowest BCUT2D eigenvalue weighted by molar-refractivity contribution is -0.127. The number of rotatable bonds is 7. The van der Waals surface area contributed by atoms with Gasteiger partial charge in [0.15, 0.2) is 6.10 Å². The van der Waals surface area contributed by atoms with E-state index in [0.717, 1.165) is 0 Å². The fourth-order valence-corrected chi connectivity index (χ4v) is 3.02. The highest BCUT2D eigenvalue weighted by Gasteiger charge is 2.14. The Morgan fingerprint density at radius 2 is 1.65 bits per heavy atom. The van der Waals surface area contributed by atoms with Crippen LogP contribution in [0.25, 0.3) is 0 Å². The van der Waals surface area contributed by atoms with Crippen LogP contribution in [0.3, 0.4) is 0 Å². The quantitative estimate of drug-likeness (QED) is 0.208. The Bertz CT molecular complexity index is 1090. The molecule has 0 aliphatic rings. The van der Waals surface area contributed by atoms with Crippen molar-refractivity contribution in [1.29, 1.82) is 0 Å². The molecule has 0 saturated carbocycles. The van der Waals surface area contributed by atoms with Crippen molar-refractivity contribution in [2.45, 2.75) is 13.0 Å². The predicted molar refractivity (Wildman–Crippen MR) is 123 cm³/mol. The van der Waals surface area contributed by atoms with Gasteiger partial charge in [-0.05, 0) is 89.1 Å². The van der Waals surface area contributed by atoms with Crippen LogP contribution in [0, 0.1) is 0 Å². The van der Waals surface area contributed by atoms with E-state index in [0.29, 0.717) is 32.1 Å². The Labute approximate surface area is 193 Å². The topological polar surface area (TPSA) is 77.0 Å². The standard InChI is InChI=1S/C23H18BrClN2O4/c1-15(30-18-12-8-17(25)9-13-18)22(28)27-26-14-16-6-10-19(11-7-16)31-23(29)20-4-2-3-5-21(20)24/h2-15H,1H3,(H,27,28)/b26-14+. The van der Waals surface area contributed by atoms with Crippen LogP contribution in [0.1, 0.15) is 22.8 Å². The van der Waals surface area contributed by atoms with E-state index in [4.69, 9.17) is 21.1 Å². The molecule has 31 heavy (non-hydrogen) atoms. The zero-order chi connectivity index (χ0) is 22.2. The first-order valence-electron chi connectivity index (χ1n) is 9.24. The summed E-state index contributed by atoms with van der Waals surface area (Å²) in [5, 5.41) is 4.51. The van der Waals surface area contributed by atoms with Gasteiger partial charge in [-0.15, -0.1) is 0 Å². The lowest BCUT2D eigenvalue weighted by Gasteiger charge is -2.12. The van der Waals surface area contributed by atoms with Crippen molar-refractivity contribution >= 4 is 45.6 Å². The van der Waals surface area contributed by atoms with Crippen molar-refractivity contribution in [3.63, 3.8) is 0 Å². The molecule has 8 heteroatoms. The van der Waals surface area contributed by atoms with Crippen molar-refractivity contribution in [3.8, 4) is 11.5 Å². The van der Waals surface area contributed by atoms with E-state index in [1.165, 1.54) is 6.21 Å². The van der Waals surface area contributed by atoms with E-state index < -0.39 is 18.0 Å². The fraction of sp³-hybridized carbons (Fsp3) is 0.0870. The van der Waals surface area contributed by atoms with Crippen molar-refractivity contribution in [3.05, 3.63) is 93.4 Å². The Morgan fingerprint density at radius 1 is 1.00 bits per heavy atom. The predicted octanol–water partition coefficient (Wildman–Crippen LogP) is 5.24. The third kappa shape index (κ3) is 6.67. The zero-order valence-electron chi connectivity index (χ0n) is 16.4. The molecule has 0 aliphatic carbocycles. The van der Waals surface area contributed by atoms with Crippen molar-refractivity contribution in [2.24, 2.45) is 5.10 Å². The van der Waals surface area contributed by atoms with Gasteiger partial charge < -0.3 is 9.47 Å². The van der Waals surface area contributed by atoms with E-state index >= 15 is 0 Å². The van der Waals surface area contributed by atoms with Crippen molar-refractivity contribution < 1.29 is 19.1 Å². The normalized spacial score (nSPS) is 11.7. The van der Waals surface area contributed by atoms with Crippen LogP contribution < -0.4 is 14.9 Å². The average molecular weight is 502 g/mol. The summed E-state index contributed by atoms with van der Waals surface area (Å²) in [4.78, 5) is 24.3. The maximum Gasteiger partial charge on any atom is 0.344 e. The Morgan fingerprint density at radius 3 is 2.32 bits per heavy atom. The SMILES string of the molecule is CC(Oc1ccc(Cl)cc1)C(=O)N/N=C/c1ccc(OC(=O)c2ccccc2Br)cc1. The summed E-state index contributed by atoms with van der Waals surface area (Å²) in [5.74, 6) is 0.0663. The third-order valence-corrected chi connectivity index (χ3v) is 5.01. The van der Waals surface area contributed by atoms with E-state index in [2.05, 4.69) is 26.5 Å². The molecular weight excluding hydrogens is 484 g/mol. The molecule has 0 saturated heterocycles. The van der Waals surface area contributed by atoms with Crippen LogP contribution in [-0.2, 0) is 4.79 Å². The first-order chi connectivity index (χ1) is 14.9. The third-order valence-electron chi connectivity index (χ3n) is 4.07. The number of carbonyl (C=O) groups is 2. The van der Waals surface area contributed by atoms with E-state index in [1.54, 1.807) is 73.7 Å². The van der Waals surface area contributed by atoms with Gasteiger partial charge in [-0.1, -0.05) is 23.7 Å². The lowest BCUT2D eigenvalue weighted by atomic mass is 10.2. The molecule has 1 atom stereocenters. The summed E-state index contributed by atoms with van der Waals surface area (Å²) >= 11 is 9.15. The summed E-state index contributed by atoms with van der Waals surface area (Å²) < 4.78 is 11.6. The summed E-state index contributed by atoms with van der Waals surface area (Å²) in [6, 6.07) is 20.5. The molecule has 1 N–H and O–H groups in total. The van der Waals surface area contributed by atoms with Crippen LogP contribution in [0.5, 0.6) is 11.5 Å². The van der Waals surface area contributed by atoms with Gasteiger partial charge in [0.05, 0.1) is 11.8 Å². The molecule has 6 nitrogen and oxygen atoms in total. The van der Waals surface area contributed by atoms with Gasteiger partial charge in [0.1, 0.15) is 11.5 Å². The van der Waals surface area contributed by atoms with Gasteiger partial charge in [-0.25, -0.2) is 10.2 Å². The Hall–Kier alpha value is -3.16. The Balaban J connectivity index is 1.51. The summed E-state index contributed by atoms with van der Waals surface area (Å²) in [5.41, 5.74) is 3.58. The highest BCUT2D eigenvalue weighted by Crippen LogP contribution is 2.19. The number of amides is 1. The number of halogens is 2. The van der Waals surface area contributed by atoms with E-state index in [1.807, 2.05) is 6.07 Å². The number of nitrogens with zero attached hydrogens (tertiary/aromatic N) is 1. The minimum absolute atomic E-state index is 0.395. The number of hydrazone groups is 1. The second-order valence-electron chi connectivity index (χ2n) is 6.39. The molecule has 0 fully saturated rings. The molecule has 0 bridgehead atoms. The van der Waals surface area contributed by atoms with Crippen LogP contribution in [0.15, 0.2) is 82.4 Å². The number of benzene rings is 3. The van der Waals surface area contributed by atoms with E-state index in [9.17, 15) is 9.59 Å². The molecule has 3 rings (SSSR count). The van der Waals surface area contributed by atoms with Gasteiger partial charge in [-0.3, -0.25) is 4.79 Å². The van der Waals surface area contributed by atoms with Crippen LogP contribution in [-0.4, -0.2) is 24.2 Å². The summed E-state index contributed by atoms with van der Waals surface area (Å²) in [6.45, 7) is 1.62. The van der Waals surface area contributed by atoms with Crippen LogP contribution in [0.4, 0.5) is 0 Å². The molecule has 0 radical (unpaired) electrons. The summed E-state index contributed by atoms with van der Waals surface area (Å²) in [7, 11) is 0. The maximum absolute atomic E-state index is 12.2. The average Bonchev–Trinajstić information content (AvgIpc) is 2.76. The zero-order valence-corrected chi connectivity index (χ0v) is 18.8. The molecule has 3 aromatic rings. The first kappa shape index (κ1) is 22.5. The number of ether oxygens (including phenoxy) is 2. The molecule has 0 aliphatic heterocycles. The second kappa shape index (κ2) is 10.7. The van der Waals surface area contributed by atoms with E-state index in [-0.39, 0.29) is 0 Å². The maximum atomic E-state index is 12.2. The molecule has 158 valence electrons. The van der Waals surface area contributed by atoms with Gasteiger partial charge in [0, 0.05) is 9.50 Å². The molecule has 0 spiro atoms. The second-order valence-corrected chi connectivity index (χ2v) is 7.68. The molecule has 0 heterocycles. The molecule has 0 aromatic heterocycles. The minimum atomic E-state index is -0.738. The van der Waals surface area contributed by atoms with Gasteiger partial charge in [0.2, 0.25) is 0 Å². The lowest BCUT2D eigenvalue weighted by Crippen LogP contribution is -2.33. The number of esters is 1.